The number of halogens is 4. The van der Waals surface area contributed by atoms with Gasteiger partial charge in [0, 0.05) is 29.4 Å². The lowest BCUT2D eigenvalue weighted by Gasteiger charge is -2.18. The lowest BCUT2D eigenvalue weighted by molar-refractivity contribution is -0.143. The summed E-state index contributed by atoms with van der Waals surface area (Å²) in [7, 11) is 0. The fraction of sp³-hybridized carbons (Fsp3) is 0.688. The molecule has 0 aromatic carbocycles. The molecule has 1 atom stereocenters. The summed E-state index contributed by atoms with van der Waals surface area (Å²) in [6.07, 6.45) is -3.33. The molecular weight excluding hydrogens is 464 g/mol. The van der Waals surface area contributed by atoms with Crippen molar-refractivity contribution in [1.29, 1.82) is 0 Å². The van der Waals surface area contributed by atoms with Crippen LogP contribution < -0.4 is 10.6 Å². The van der Waals surface area contributed by atoms with E-state index in [1.807, 2.05) is 6.92 Å². The van der Waals surface area contributed by atoms with E-state index in [4.69, 9.17) is 0 Å². The second-order valence-electron chi connectivity index (χ2n) is 6.09. The standard InChI is InChI=1S/C16H25F3N4S.HI/c1-3-20-15(22-9-14-5-4-12(2)24-14)21-8-13-6-7-23(10-13)11-16(17,18)19;/h4-5,13H,3,6-11H2,1-2H3,(H2,20,21,22);1H. The summed E-state index contributed by atoms with van der Waals surface area (Å²) in [4.78, 5) is 8.48. The Morgan fingerprint density at radius 2 is 2.12 bits per heavy atom. The van der Waals surface area contributed by atoms with Crippen LogP contribution in [0, 0.1) is 12.8 Å². The number of guanidine groups is 1. The summed E-state index contributed by atoms with van der Waals surface area (Å²) in [5, 5.41) is 6.44. The summed E-state index contributed by atoms with van der Waals surface area (Å²) in [6.45, 7) is 6.24. The lowest BCUT2D eigenvalue weighted by Crippen LogP contribution is -2.40. The number of hydrogen-bond acceptors (Lipinski definition) is 3. The smallest absolute Gasteiger partial charge is 0.357 e. The van der Waals surface area contributed by atoms with Crippen LogP contribution in [0.5, 0.6) is 0 Å². The third-order valence-corrected chi connectivity index (χ3v) is 4.85. The summed E-state index contributed by atoms with van der Waals surface area (Å²) < 4.78 is 37.3. The quantitative estimate of drug-likeness (QED) is 0.364. The van der Waals surface area contributed by atoms with Gasteiger partial charge in [0.25, 0.3) is 0 Å². The van der Waals surface area contributed by atoms with Crippen molar-refractivity contribution in [3.8, 4) is 0 Å². The maximum Gasteiger partial charge on any atom is 0.401 e. The summed E-state index contributed by atoms with van der Waals surface area (Å²) >= 11 is 1.72. The van der Waals surface area contributed by atoms with E-state index < -0.39 is 12.7 Å². The summed E-state index contributed by atoms with van der Waals surface area (Å²) in [6, 6.07) is 4.14. The van der Waals surface area contributed by atoms with Crippen molar-refractivity contribution >= 4 is 41.3 Å². The highest BCUT2D eigenvalue weighted by molar-refractivity contribution is 14.0. The van der Waals surface area contributed by atoms with Gasteiger partial charge in [-0.25, -0.2) is 4.99 Å². The van der Waals surface area contributed by atoms with Gasteiger partial charge in [-0.05, 0) is 44.9 Å². The average molecular weight is 490 g/mol. The van der Waals surface area contributed by atoms with Crippen LogP contribution in [0.4, 0.5) is 13.2 Å². The molecule has 144 valence electrons. The monoisotopic (exact) mass is 490 g/mol. The fourth-order valence-corrected chi connectivity index (χ4v) is 3.60. The Balaban J connectivity index is 0.00000312. The van der Waals surface area contributed by atoms with Gasteiger partial charge in [0.2, 0.25) is 0 Å². The van der Waals surface area contributed by atoms with E-state index in [-0.39, 0.29) is 29.9 Å². The third-order valence-electron chi connectivity index (χ3n) is 3.86. The Bertz CT molecular complexity index is 548. The molecule has 0 bridgehead atoms. The Hall–Kier alpha value is -0.550. The molecule has 1 aromatic heterocycles. The Morgan fingerprint density at radius 1 is 1.36 bits per heavy atom. The third kappa shape index (κ3) is 8.59. The first-order chi connectivity index (χ1) is 11.4. The molecule has 1 aromatic rings. The van der Waals surface area contributed by atoms with Crippen molar-refractivity contribution in [3.05, 3.63) is 21.9 Å². The van der Waals surface area contributed by atoms with Gasteiger partial charge in [-0.2, -0.15) is 13.2 Å². The minimum Gasteiger partial charge on any atom is -0.357 e. The predicted molar refractivity (Wildman–Crippen MR) is 108 cm³/mol. The number of rotatable bonds is 6. The zero-order valence-corrected chi connectivity index (χ0v) is 17.7. The van der Waals surface area contributed by atoms with Crippen molar-refractivity contribution < 1.29 is 13.2 Å². The highest BCUT2D eigenvalue weighted by Crippen LogP contribution is 2.22. The summed E-state index contributed by atoms with van der Waals surface area (Å²) in [5.74, 6) is 0.943. The van der Waals surface area contributed by atoms with E-state index in [1.165, 1.54) is 14.7 Å². The molecule has 2 rings (SSSR count). The van der Waals surface area contributed by atoms with E-state index >= 15 is 0 Å². The molecule has 0 aliphatic carbocycles. The van der Waals surface area contributed by atoms with Crippen molar-refractivity contribution in [2.75, 3.05) is 32.7 Å². The first-order valence-electron chi connectivity index (χ1n) is 8.22. The van der Waals surface area contributed by atoms with Gasteiger partial charge in [0.15, 0.2) is 5.96 Å². The molecule has 2 N–H and O–H groups in total. The number of thiophene rings is 1. The minimum absolute atomic E-state index is 0. The highest BCUT2D eigenvalue weighted by Gasteiger charge is 2.34. The Labute approximate surface area is 168 Å². The number of nitrogens with zero attached hydrogens (tertiary/aromatic N) is 2. The number of aryl methyl sites for hydroxylation is 1. The Morgan fingerprint density at radius 3 is 2.72 bits per heavy atom. The van der Waals surface area contributed by atoms with E-state index in [9.17, 15) is 13.2 Å². The van der Waals surface area contributed by atoms with Crippen LogP contribution in [0.1, 0.15) is 23.1 Å². The van der Waals surface area contributed by atoms with E-state index in [2.05, 4.69) is 34.7 Å². The molecule has 0 amide bonds. The number of aliphatic imine (C=N–C) groups is 1. The topological polar surface area (TPSA) is 39.7 Å². The molecule has 1 unspecified atom stereocenters. The van der Waals surface area contributed by atoms with Gasteiger partial charge in [0.1, 0.15) is 0 Å². The maximum absolute atomic E-state index is 12.4. The average Bonchev–Trinajstić information content (AvgIpc) is 3.09. The molecule has 0 saturated carbocycles. The normalized spacial score (nSPS) is 18.9. The van der Waals surface area contributed by atoms with Gasteiger partial charge in [-0.1, -0.05) is 0 Å². The minimum atomic E-state index is -4.11. The van der Waals surface area contributed by atoms with Crippen molar-refractivity contribution in [1.82, 2.24) is 15.5 Å². The highest BCUT2D eigenvalue weighted by atomic mass is 127. The molecule has 1 aliphatic rings. The van der Waals surface area contributed by atoms with Crippen LogP contribution in [-0.2, 0) is 6.54 Å². The molecular formula is C16H26F3IN4S. The van der Waals surface area contributed by atoms with Crippen LogP contribution in [0.15, 0.2) is 17.1 Å². The second-order valence-corrected chi connectivity index (χ2v) is 7.47. The number of hydrogen-bond donors (Lipinski definition) is 2. The SMILES string of the molecule is CCNC(=NCc1ccc(C)s1)NCC1CCN(CC(F)(F)F)C1.I. The molecule has 0 radical (unpaired) electrons. The lowest BCUT2D eigenvalue weighted by atomic mass is 10.1. The zero-order chi connectivity index (χ0) is 17.6. The van der Waals surface area contributed by atoms with Crippen molar-refractivity contribution in [2.45, 2.75) is 33.0 Å². The van der Waals surface area contributed by atoms with Crippen LogP contribution in [0.25, 0.3) is 0 Å². The molecule has 9 heteroatoms. The molecule has 1 fully saturated rings. The van der Waals surface area contributed by atoms with Crippen LogP contribution in [-0.4, -0.2) is 49.8 Å². The number of nitrogens with one attached hydrogen (secondary N) is 2. The molecule has 1 saturated heterocycles. The van der Waals surface area contributed by atoms with Crippen molar-refractivity contribution in [2.24, 2.45) is 10.9 Å². The zero-order valence-electron chi connectivity index (χ0n) is 14.5. The van der Waals surface area contributed by atoms with Crippen LogP contribution in [0.3, 0.4) is 0 Å². The van der Waals surface area contributed by atoms with Gasteiger partial charge >= 0.3 is 6.18 Å². The molecule has 0 spiro atoms. The van der Waals surface area contributed by atoms with Gasteiger partial charge in [-0.15, -0.1) is 35.3 Å². The predicted octanol–water partition coefficient (Wildman–Crippen LogP) is 3.61. The maximum atomic E-state index is 12.4. The first kappa shape index (κ1) is 22.5. The molecule has 2 heterocycles. The molecule has 1 aliphatic heterocycles. The van der Waals surface area contributed by atoms with Crippen LogP contribution in [0.2, 0.25) is 0 Å². The molecule has 25 heavy (non-hydrogen) atoms. The van der Waals surface area contributed by atoms with Crippen molar-refractivity contribution in [3.63, 3.8) is 0 Å². The molecule has 4 nitrogen and oxygen atoms in total. The Kier molecular flexibility index (Phi) is 9.50. The van der Waals surface area contributed by atoms with Gasteiger partial charge in [-0.3, -0.25) is 4.90 Å². The van der Waals surface area contributed by atoms with E-state index in [1.54, 1.807) is 11.3 Å². The first-order valence-corrected chi connectivity index (χ1v) is 9.04. The van der Waals surface area contributed by atoms with E-state index in [0.29, 0.717) is 26.2 Å². The van der Waals surface area contributed by atoms with E-state index in [0.717, 1.165) is 18.9 Å². The van der Waals surface area contributed by atoms with Crippen LogP contribution >= 0.6 is 35.3 Å². The summed E-state index contributed by atoms with van der Waals surface area (Å²) in [5.41, 5.74) is 0. The largest absolute Gasteiger partial charge is 0.401 e. The second kappa shape index (κ2) is 10.6. The van der Waals surface area contributed by atoms with Gasteiger partial charge < -0.3 is 10.6 Å². The van der Waals surface area contributed by atoms with Gasteiger partial charge in [0.05, 0.1) is 13.1 Å². The fourth-order valence-electron chi connectivity index (χ4n) is 2.79. The number of likely N-dealkylation sites (tertiary alicyclic amines) is 1. The number of alkyl halides is 3.